The third kappa shape index (κ3) is 5.07. The summed E-state index contributed by atoms with van der Waals surface area (Å²) in [5, 5.41) is 10.8. The van der Waals surface area contributed by atoms with Crippen LogP contribution in [0, 0.1) is 0 Å². The summed E-state index contributed by atoms with van der Waals surface area (Å²) in [6.45, 7) is 18.0. The minimum Gasteiger partial charge on any atom is -0.414 e. The summed E-state index contributed by atoms with van der Waals surface area (Å²) in [6, 6.07) is 0. The van der Waals surface area contributed by atoms with Gasteiger partial charge in [0.15, 0.2) is 8.32 Å². The van der Waals surface area contributed by atoms with Crippen molar-refractivity contribution in [2.24, 2.45) is 0 Å². The predicted molar refractivity (Wildman–Crippen MR) is 88.4 cm³/mol. The van der Waals surface area contributed by atoms with Gasteiger partial charge in [0.05, 0.1) is 6.10 Å². The molecule has 114 valence electrons. The number of hydrogen-bond acceptors (Lipinski definition) is 3. The molecule has 0 heterocycles. The van der Waals surface area contributed by atoms with Gasteiger partial charge < -0.3 is 9.53 Å². The molecule has 0 bridgehead atoms. The molecule has 0 spiro atoms. The quantitative estimate of drug-likeness (QED) is 0.782. The fourth-order valence-electron chi connectivity index (χ4n) is 2.20. The van der Waals surface area contributed by atoms with Crippen molar-refractivity contribution in [2.45, 2.75) is 94.7 Å². The topological polar surface area (TPSA) is 29.5 Å². The maximum Gasteiger partial charge on any atom is 0.192 e. The summed E-state index contributed by atoms with van der Waals surface area (Å²) < 4.78 is 6.65. The molecule has 0 aromatic carbocycles. The van der Waals surface area contributed by atoms with E-state index >= 15 is 0 Å². The van der Waals surface area contributed by atoms with Gasteiger partial charge in [-0.3, -0.25) is 0 Å². The predicted octanol–water partition coefficient (Wildman–Crippen LogP) is 4.43. The summed E-state index contributed by atoms with van der Waals surface area (Å²) in [4.78, 5) is 0. The number of aliphatic hydroxyl groups excluding tert-OH is 1. The van der Waals surface area contributed by atoms with E-state index in [1.54, 1.807) is 0 Å². The average molecular weight is 305 g/mol. The van der Waals surface area contributed by atoms with Gasteiger partial charge >= 0.3 is 0 Å². The molecule has 2 nitrogen and oxygen atoms in total. The van der Waals surface area contributed by atoms with Gasteiger partial charge in [0, 0.05) is 16.1 Å². The fourth-order valence-corrected chi connectivity index (χ4v) is 5.07. The van der Waals surface area contributed by atoms with Gasteiger partial charge in [-0.25, -0.2) is 0 Å². The molecule has 0 amide bonds. The van der Waals surface area contributed by atoms with E-state index in [1.807, 2.05) is 11.8 Å². The summed E-state index contributed by atoms with van der Waals surface area (Å²) in [5.41, 5.74) is 0. The van der Waals surface area contributed by atoms with Crippen LogP contribution >= 0.6 is 11.8 Å². The van der Waals surface area contributed by atoms with Gasteiger partial charge in [0.25, 0.3) is 0 Å². The number of hydrogen-bond donors (Lipinski definition) is 1. The highest BCUT2D eigenvalue weighted by molar-refractivity contribution is 8.01. The highest BCUT2D eigenvalue weighted by Crippen LogP contribution is 2.43. The lowest BCUT2D eigenvalue weighted by Crippen LogP contribution is -2.43. The van der Waals surface area contributed by atoms with Crippen LogP contribution in [0.3, 0.4) is 0 Å². The molecular weight excluding hydrogens is 272 g/mol. The van der Waals surface area contributed by atoms with E-state index < -0.39 is 8.32 Å². The molecule has 1 rings (SSSR count). The van der Waals surface area contributed by atoms with Crippen molar-refractivity contribution in [2.75, 3.05) is 0 Å². The Labute approximate surface area is 124 Å². The van der Waals surface area contributed by atoms with Crippen LogP contribution in [-0.4, -0.2) is 35.6 Å². The Kier molecular flexibility index (Phi) is 5.26. The molecule has 19 heavy (non-hydrogen) atoms. The third-order valence-electron chi connectivity index (χ3n) is 4.20. The van der Waals surface area contributed by atoms with E-state index in [4.69, 9.17) is 4.43 Å². The molecule has 1 aliphatic carbocycles. The lowest BCUT2D eigenvalue weighted by molar-refractivity contribution is 0.142. The maximum absolute atomic E-state index is 10.2. The summed E-state index contributed by atoms with van der Waals surface area (Å²) in [6.07, 6.45) is 1.84. The molecule has 1 fully saturated rings. The second-order valence-electron chi connectivity index (χ2n) is 8.31. The Balaban J connectivity index is 2.61. The smallest absolute Gasteiger partial charge is 0.192 e. The van der Waals surface area contributed by atoms with Crippen molar-refractivity contribution in [1.82, 2.24) is 0 Å². The van der Waals surface area contributed by atoms with Gasteiger partial charge in [-0.1, -0.05) is 41.5 Å². The lowest BCUT2D eigenvalue weighted by Gasteiger charge is -2.38. The summed E-state index contributed by atoms with van der Waals surface area (Å²) in [7, 11) is -1.71. The molecule has 1 N–H and O–H groups in total. The Morgan fingerprint density at radius 1 is 1.05 bits per heavy atom. The first-order valence-electron chi connectivity index (χ1n) is 7.35. The highest BCUT2D eigenvalue weighted by atomic mass is 32.2. The first kappa shape index (κ1) is 17.5. The van der Waals surface area contributed by atoms with Gasteiger partial charge in [0.2, 0.25) is 0 Å². The second-order valence-corrected chi connectivity index (χ2v) is 15.1. The van der Waals surface area contributed by atoms with E-state index in [1.165, 1.54) is 0 Å². The molecule has 0 aromatic heterocycles. The number of rotatable bonds is 3. The summed E-state index contributed by atoms with van der Waals surface area (Å²) in [5.74, 6) is 0. The second kappa shape index (κ2) is 5.70. The van der Waals surface area contributed by atoms with Crippen molar-refractivity contribution >= 4 is 20.1 Å². The maximum atomic E-state index is 10.2. The largest absolute Gasteiger partial charge is 0.414 e. The van der Waals surface area contributed by atoms with E-state index in [0.29, 0.717) is 5.25 Å². The molecule has 1 saturated carbocycles. The molecular formula is C15H32O2SSi. The molecule has 4 heteroatoms. The SMILES string of the molecule is CC(C)(C)S[C@H]1C[C@H](O[Si](C)(C)C(C)(C)C)C[C@@H]1O. The van der Waals surface area contributed by atoms with Crippen molar-refractivity contribution in [3.8, 4) is 0 Å². The van der Waals surface area contributed by atoms with Crippen LogP contribution in [0.15, 0.2) is 0 Å². The van der Waals surface area contributed by atoms with Crippen LogP contribution in [0.1, 0.15) is 54.4 Å². The van der Waals surface area contributed by atoms with Crippen molar-refractivity contribution in [3.05, 3.63) is 0 Å². The highest BCUT2D eigenvalue weighted by Gasteiger charge is 2.43. The Morgan fingerprint density at radius 2 is 1.58 bits per heavy atom. The van der Waals surface area contributed by atoms with Gasteiger partial charge in [-0.15, -0.1) is 11.8 Å². The average Bonchev–Trinajstić information content (AvgIpc) is 2.40. The van der Waals surface area contributed by atoms with Crippen LogP contribution < -0.4 is 0 Å². The van der Waals surface area contributed by atoms with E-state index in [-0.39, 0.29) is 22.0 Å². The molecule has 0 radical (unpaired) electrons. The minimum absolute atomic E-state index is 0.206. The Hall–Kier alpha value is 0.487. The third-order valence-corrected chi connectivity index (χ3v) is 10.3. The summed E-state index contributed by atoms with van der Waals surface area (Å²) >= 11 is 1.90. The van der Waals surface area contributed by atoms with Crippen LogP contribution in [0.4, 0.5) is 0 Å². The van der Waals surface area contributed by atoms with Gasteiger partial charge in [-0.05, 0) is 31.0 Å². The van der Waals surface area contributed by atoms with E-state index in [0.717, 1.165) is 12.8 Å². The first-order chi connectivity index (χ1) is 8.32. The monoisotopic (exact) mass is 304 g/mol. The van der Waals surface area contributed by atoms with Crippen molar-refractivity contribution in [1.29, 1.82) is 0 Å². The number of aliphatic hydroxyl groups is 1. The molecule has 1 aliphatic rings. The zero-order valence-corrected chi connectivity index (χ0v) is 15.7. The zero-order chi connectivity index (χ0) is 15.1. The zero-order valence-electron chi connectivity index (χ0n) is 13.9. The minimum atomic E-state index is -1.71. The first-order valence-corrected chi connectivity index (χ1v) is 11.1. The molecule has 0 unspecified atom stereocenters. The van der Waals surface area contributed by atoms with E-state index in [2.05, 4.69) is 54.6 Å². The van der Waals surface area contributed by atoms with Gasteiger partial charge in [0.1, 0.15) is 0 Å². The molecule has 0 aromatic rings. The Bertz CT molecular complexity index is 304. The van der Waals surface area contributed by atoms with Gasteiger partial charge in [-0.2, -0.15) is 0 Å². The molecule has 0 saturated heterocycles. The Morgan fingerprint density at radius 3 is 2.00 bits per heavy atom. The normalized spacial score (nSPS) is 29.8. The molecule has 3 atom stereocenters. The standard InChI is InChI=1S/C15H32O2SSi/c1-14(2,3)18-13-10-11(9-12(13)16)17-19(7,8)15(4,5)6/h11-13,16H,9-10H2,1-8H3/t11-,12+,13+/m1/s1. The van der Waals surface area contributed by atoms with Crippen LogP contribution in [-0.2, 0) is 4.43 Å². The fraction of sp³-hybridized carbons (Fsp3) is 1.00. The lowest BCUT2D eigenvalue weighted by atomic mass is 10.2. The van der Waals surface area contributed by atoms with E-state index in [9.17, 15) is 5.11 Å². The number of thioether (sulfide) groups is 1. The van der Waals surface area contributed by atoms with Crippen molar-refractivity contribution in [3.63, 3.8) is 0 Å². The van der Waals surface area contributed by atoms with Crippen LogP contribution in [0.25, 0.3) is 0 Å². The van der Waals surface area contributed by atoms with Crippen molar-refractivity contribution < 1.29 is 9.53 Å². The van der Waals surface area contributed by atoms with Crippen LogP contribution in [0.2, 0.25) is 18.1 Å². The molecule has 0 aliphatic heterocycles. The van der Waals surface area contributed by atoms with Crippen LogP contribution in [0.5, 0.6) is 0 Å².